The molecule has 0 saturated heterocycles. The average molecular weight is 288 g/mol. The van der Waals surface area contributed by atoms with E-state index in [1.807, 2.05) is 38.1 Å². The molecule has 0 atom stereocenters. The van der Waals surface area contributed by atoms with Crippen molar-refractivity contribution in [3.8, 4) is 11.8 Å². The quantitative estimate of drug-likeness (QED) is 0.467. The fourth-order valence-corrected chi connectivity index (χ4v) is 2.42. The lowest BCUT2D eigenvalue weighted by atomic mass is 10.1. The number of aryl methyl sites for hydroxylation is 2. The maximum Gasteiger partial charge on any atom is 0.182 e. The molecule has 0 saturated carbocycles. The van der Waals surface area contributed by atoms with Crippen LogP contribution in [0.5, 0.6) is 0 Å². The Morgan fingerprint density at radius 1 is 1.14 bits per heavy atom. The second-order valence-corrected chi connectivity index (χ2v) is 5.09. The van der Waals surface area contributed by atoms with E-state index in [0.717, 1.165) is 39.1 Å². The first-order valence-corrected chi connectivity index (χ1v) is 6.90. The smallest absolute Gasteiger partial charge is 0.182 e. The van der Waals surface area contributed by atoms with Crippen molar-refractivity contribution in [2.45, 2.75) is 13.8 Å². The zero-order chi connectivity index (χ0) is 15.1. The molecule has 0 bridgehead atoms. The van der Waals surface area contributed by atoms with Crippen molar-refractivity contribution < 1.29 is 4.52 Å². The minimum absolute atomic E-state index is 0.729. The monoisotopic (exact) mass is 288 g/mol. The number of rotatable bonds is 0. The highest BCUT2D eigenvalue weighted by atomic mass is 16.5. The summed E-state index contributed by atoms with van der Waals surface area (Å²) in [6, 6.07) is 7.78. The highest BCUT2D eigenvalue weighted by molar-refractivity contribution is 5.86. The van der Waals surface area contributed by atoms with Crippen molar-refractivity contribution in [2.24, 2.45) is 0 Å². The van der Waals surface area contributed by atoms with Crippen LogP contribution < -0.4 is 0 Å². The molecule has 0 unspecified atom stereocenters. The third-order valence-corrected chi connectivity index (χ3v) is 3.62. The van der Waals surface area contributed by atoms with E-state index >= 15 is 0 Å². The van der Waals surface area contributed by atoms with Gasteiger partial charge in [0.25, 0.3) is 0 Å². The van der Waals surface area contributed by atoms with Gasteiger partial charge < -0.3 is 4.52 Å². The summed E-state index contributed by atoms with van der Waals surface area (Å²) < 4.78 is 7.14. The van der Waals surface area contributed by atoms with E-state index in [4.69, 9.17) is 4.52 Å². The number of benzene rings is 1. The summed E-state index contributed by atoms with van der Waals surface area (Å²) in [5, 5.41) is 9.27. The molecule has 0 radical (unpaired) electrons. The largest absolute Gasteiger partial charge is 0.355 e. The van der Waals surface area contributed by atoms with Crippen molar-refractivity contribution >= 4 is 16.6 Å². The van der Waals surface area contributed by atoms with Gasteiger partial charge in [-0.3, -0.25) is 0 Å². The van der Waals surface area contributed by atoms with Crippen molar-refractivity contribution in [3.63, 3.8) is 0 Å². The van der Waals surface area contributed by atoms with Crippen molar-refractivity contribution in [1.82, 2.24) is 19.8 Å². The minimum atomic E-state index is 0.729. The third kappa shape index (κ3) is 1.85. The molecule has 0 spiro atoms. The molecule has 0 aliphatic heterocycles. The van der Waals surface area contributed by atoms with Crippen LogP contribution in [0.2, 0.25) is 0 Å². The molecule has 0 aliphatic carbocycles. The molecular formula is C17H12N4O. The fraction of sp³-hybridized carbons (Fsp3) is 0.118. The number of aromatic nitrogens is 4. The van der Waals surface area contributed by atoms with Gasteiger partial charge in [0.2, 0.25) is 0 Å². The molecular weight excluding hydrogens is 276 g/mol. The van der Waals surface area contributed by atoms with Gasteiger partial charge in [0, 0.05) is 11.6 Å². The number of nitrogens with zero attached hydrogens (tertiary/aromatic N) is 4. The molecule has 0 aliphatic rings. The van der Waals surface area contributed by atoms with Gasteiger partial charge in [0.15, 0.2) is 11.2 Å². The molecule has 106 valence electrons. The van der Waals surface area contributed by atoms with E-state index < -0.39 is 0 Å². The van der Waals surface area contributed by atoms with Crippen LogP contribution >= 0.6 is 0 Å². The molecule has 0 fully saturated rings. The predicted octanol–water partition coefficient (Wildman–Crippen LogP) is 2.89. The summed E-state index contributed by atoms with van der Waals surface area (Å²) in [4.78, 5) is 4.28. The van der Waals surface area contributed by atoms with E-state index in [2.05, 4.69) is 27.1 Å². The first-order chi connectivity index (χ1) is 10.7. The Morgan fingerprint density at radius 2 is 2.05 bits per heavy atom. The number of hydrogen-bond acceptors (Lipinski definition) is 4. The van der Waals surface area contributed by atoms with Crippen LogP contribution in [-0.2, 0) is 0 Å². The Morgan fingerprint density at radius 3 is 2.95 bits per heavy atom. The highest BCUT2D eigenvalue weighted by Crippen LogP contribution is 2.24. The molecule has 22 heavy (non-hydrogen) atoms. The summed E-state index contributed by atoms with van der Waals surface area (Å²) in [5.74, 6) is 6.31. The third-order valence-electron chi connectivity index (χ3n) is 3.62. The summed E-state index contributed by atoms with van der Waals surface area (Å²) in [6.07, 6.45) is 3.43. The van der Waals surface area contributed by atoms with E-state index in [1.165, 1.54) is 0 Å². The van der Waals surface area contributed by atoms with Crippen LogP contribution in [0.15, 0.2) is 41.2 Å². The average Bonchev–Trinajstić information content (AvgIpc) is 3.11. The van der Waals surface area contributed by atoms with E-state index in [9.17, 15) is 0 Å². The standard InChI is InChI=1S/C17H12N4O/c1-11-5-7-15-12(2)20-22-17(15)14(11)8-6-13-10-18-16-4-3-9-19-21(13)16/h3-5,7,9-10H,1-2H3. The molecule has 5 nitrogen and oxygen atoms in total. The van der Waals surface area contributed by atoms with Gasteiger partial charge in [-0.05, 0) is 43.5 Å². The molecule has 3 aromatic heterocycles. The Bertz CT molecular complexity index is 1060. The van der Waals surface area contributed by atoms with Crippen LogP contribution in [0.25, 0.3) is 16.6 Å². The van der Waals surface area contributed by atoms with E-state index in [0.29, 0.717) is 0 Å². The molecule has 4 aromatic rings. The van der Waals surface area contributed by atoms with Crippen LogP contribution in [0, 0.1) is 25.7 Å². The van der Waals surface area contributed by atoms with E-state index in [1.54, 1.807) is 16.9 Å². The summed E-state index contributed by atoms with van der Waals surface area (Å²) in [6.45, 7) is 3.93. The molecule has 5 heteroatoms. The van der Waals surface area contributed by atoms with Crippen LogP contribution in [-0.4, -0.2) is 19.8 Å². The predicted molar refractivity (Wildman–Crippen MR) is 82.5 cm³/mol. The topological polar surface area (TPSA) is 56.2 Å². The van der Waals surface area contributed by atoms with Gasteiger partial charge in [-0.2, -0.15) is 5.10 Å². The van der Waals surface area contributed by atoms with Crippen molar-refractivity contribution in [1.29, 1.82) is 0 Å². The van der Waals surface area contributed by atoms with Gasteiger partial charge in [0.05, 0.1) is 17.5 Å². The second kappa shape index (κ2) is 4.71. The van der Waals surface area contributed by atoms with E-state index in [-0.39, 0.29) is 0 Å². The van der Waals surface area contributed by atoms with Gasteiger partial charge >= 0.3 is 0 Å². The first kappa shape index (κ1) is 12.6. The van der Waals surface area contributed by atoms with Gasteiger partial charge in [-0.15, -0.1) is 0 Å². The van der Waals surface area contributed by atoms with Crippen LogP contribution in [0.1, 0.15) is 22.5 Å². The minimum Gasteiger partial charge on any atom is -0.355 e. The number of hydrogen-bond donors (Lipinski definition) is 0. The Balaban J connectivity index is 1.90. The highest BCUT2D eigenvalue weighted by Gasteiger charge is 2.10. The van der Waals surface area contributed by atoms with Gasteiger partial charge in [-0.1, -0.05) is 17.1 Å². The molecule has 4 rings (SSSR count). The first-order valence-electron chi connectivity index (χ1n) is 6.90. The second-order valence-electron chi connectivity index (χ2n) is 5.09. The van der Waals surface area contributed by atoms with Gasteiger partial charge in [0.1, 0.15) is 5.69 Å². The Hall–Kier alpha value is -3.13. The lowest BCUT2D eigenvalue weighted by Gasteiger charge is -1.98. The zero-order valence-corrected chi connectivity index (χ0v) is 12.2. The summed E-state index contributed by atoms with van der Waals surface area (Å²) >= 11 is 0. The fourth-order valence-electron chi connectivity index (χ4n) is 2.42. The molecule has 0 amide bonds. The number of fused-ring (bicyclic) bond motifs is 2. The van der Waals surface area contributed by atoms with Crippen molar-refractivity contribution in [3.05, 3.63) is 59.2 Å². The molecule has 0 N–H and O–H groups in total. The SMILES string of the molecule is Cc1ccc2c(C)noc2c1C#Cc1cnc2cccnn12. The lowest BCUT2D eigenvalue weighted by molar-refractivity contribution is 0.449. The summed E-state index contributed by atoms with van der Waals surface area (Å²) in [5.41, 5.74) is 5.02. The van der Waals surface area contributed by atoms with Crippen LogP contribution in [0.3, 0.4) is 0 Å². The molecule has 1 aromatic carbocycles. The van der Waals surface area contributed by atoms with Crippen LogP contribution in [0.4, 0.5) is 0 Å². The number of imidazole rings is 1. The normalized spacial score (nSPS) is 10.8. The summed E-state index contributed by atoms with van der Waals surface area (Å²) in [7, 11) is 0. The maximum atomic E-state index is 5.43. The zero-order valence-electron chi connectivity index (χ0n) is 12.2. The van der Waals surface area contributed by atoms with Crippen molar-refractivity contribution in [2.75, 3.05) is 0 Å². The Labute approximate surface area is 126 Å². The lowest BCUT2D eigenvalue weighted by Crippen LogP contribution is -1.92. The van der Waals surface area contributed by atoms with Gasteiger partial charge in [-0.25, -0.2) is 9.50 Å². The molecule has 3 heterocycles. The Kier molecular flexibility index (Phi) is 2.70. The maximum absolute atomic E-state index is 5.43.